The van der Waals surface area contributed by atoms with Crippen molar-refractivity contribution in [2.24, 2.45) is 0 Å². The van der Waals surface area contributed by atoms with Gasteiger partial charge in [0.2, 0.25) is 10.0 Å². The Kier molecular flexibility index (Phi) is 1.69. The van der Waals surface area contributed by atoms with Crippen molar-refractivity contribution >= 4 is 16.0 Å². The zero-order valence-corrected chi connectivity index (χ0v) is 8.13. The lowest BCUT2D eigenvalue weighted by molar-refractivity contribution is -0.144. The Bertz CT molecular complexity index is 340. The molecular weight excluding hydrogens is 194 g/mol. The summed E-state index contributed by atoms with van der Waals surface area (Å²) in [6, 6.07) is 0. The van der Waals surface area contributed by atoms with E-state index in [9.17, 15) is 13.2 Å². The lowest BCUT2D eigenvalue weighted by atomic mass is 9.98. The number of rotatable bonds is 1. The summed E-state index contributed by atoms with van der Waals surface area (Å²) >= 11 is 0. The fourth-order valence-corrected chi connectivity index (χ4v) is 4.24. The van der Waals surface area contributed by atoms with Gasteiger partial charge in [-0.15, -0.1) is 0 Å². The normalized spacial score (nSPS) is 40.5. The van der Waals surface area contributed by atoms with E-state index in [4.69, 9.17) is 0 Å². The third-order valence-electron chi connectivity index (χ3n) is 2.92. The first-order chi connectivity index (χ1) is 6.04. The van der Waals surface area contributed by atoms with E-state index in [1.165, 1.54) is 11.4 Å². The van der Waals surface area contributed by atoms with Crippen LogP contribution in [-0.2, 0) is 19.6 Å². The minimum atomic E-state index is -3.41. The molecule has 0 unspecified atom stereocenters. The molecule has 0 saturated carbocycles. The molecule has 2 aliphatic heterocycles. The molecule has 0 spiro atoms. The maximum atomic E-state index is 11.7. The van der Waals surface area contributed by atoms with Crippen LogP contribution in [0.15, 0.2) is 0 Å². The van der Waals surface area contributed by atoms with Crippen LogP contribution in [0, 0.1) is 0 Å². The summed E-state index contributed by atoms with van der Waals surface area (Å²) in [5.74, 6) is -0.604. The zero-order valence-electron chi connectivity index (χ0n) is 7.32. The number of piperidine rings is 1. The molecule has 5 nitrogen and oxygen atoms in total. The topological polar surface area (TPSA) is 63.7 Å². The third-order valence-corrected chi connectivity index (χ3v) is 5.53. The summed E-state index contributed by atoms with van der Waals surface area (Å²) < 4.78 is 28.1. The molecule has 0 atom stereocenters. The molecule has 2 rings (SSSR count). The van der Waals surface area contributed by atoms with E-state index in [-0.39, 0.29) is 0 Å². The van der Waals surface area contributed by atoms with Crippen molar-refractivity contribution in [1.29, 1.82) is 0 Å². The highest BCUT2D eigenvalue weighted by Gasteiger charge is 2.63. The summed E-state index contributed by atoms with van der Waals surface area (Å²) in [6.45, 7) is 0.912. The molecular formula is C7H11NO4S. The number of fused-ring (bicyclic) bond motifs is 2. The van der Waals surface area contributed by atoms with Gasteiger partial charge >= 0.3 is 5.97 Å². The van der Waals surface area contributed by atoms with E-state index >= 15 is 0 Å². The van der Waals surface area contributed by atoms with Crippen LogP contribution < -0.4 is 0 Å². The lowest BCUT2D eigenvalue weighted by Gasteiger charge is -2.18. The second-order valence-corrected chi connectivity index (χ2v) is 5.64. The average molecular weight is 205 g/mol. The maximum Gasteiger partial charge on any atom is 0.328 e. The molecule has 2 aliphatic rings. The Labute approximate surface area is 76.7 Å². The summed E-state index contributed by atoms with van der Waals surface area (Å²) in [5.41, 5.74) is 0. The summed E-state index contributed by atoms with van der Waals surface area (Å²) in [6.07, 6.45) is 0.754. The molecule has 0 amide bonds. The van der Waals surface area contributed by atoms with Crippen molar-refractivity contribution in [2.45, 2.75) is 17.6 Å². The van der Waals surface area contributed by atoms with Gasteiger partial charge in [-0.3, -0.25) is 4.79 Å². The molecule has 13 heavy (non-hydrogen) atoms. The number of sulfonamides is 1. The predicted molar refractivity (Wildman–Crippen MR) is 44.5 cm³/mol. The number of hydrogen-bond donors (Lipinski definition) is 0. The molecule has 74 valence electrons. The van der Waals surface area contributed by atoms with Crippen LogP contribution in [0.25, 0.3) is 0 Å². The van der Waals surface area contributed by atoms with Gasteiger partial charge in [0.1, 0.15) is 0 Å². The molecule has 0 aromatic rings. The van der Waals surface area contributed by atoms with Gasteiger partial charge in [0.15, 0.2) is 4.75 Å². The largest absolute Gasteiger partial charge is 0.468 e. The molecule has 0 aromatic heterocycles. The first kappa shape index (κ1) is 8.96. The quantitative estimate of drug-likeness (QED) is 0.533. The standard InChI is InChI=1S/C7H11NO4S/c1-12-6(9)7-2-4-8(5-3-7)13(7,10)11/h2-5H2,1H3. The molecule has 2 saturated heterocycles. The maximum absolute atomic E-state index is 11.7. The number of esters is 1. The summed E-state index contributed by atoms with van der Waals surface area (Å²) in [4.78, 5) is 11.4. The van der Waals surface area contributed by atoms with E-state index in [2.05, 4.69) is 4.74 Å². The number of hydrogen-bond acceptors (Lipinski definition) is 4. The molecule has 0 radical (unpaired) electrons. The smallest absolute Gasteiger partial charge is 0.328 e. The average Bonchev–Trinajstić information content (AvgIpc) is 2.53. The van der Waals surface area contributed by atoms with Gasteiger partial charge in [0, 0.05) is 13.1 Å². The van der Waals surface area contributed by atoms with Crippen LogP contribution in [0.1, 0.15) is 12.8 Å². The zero-order chi connectivity index (χ0) is 9.69. The first-order valence-corrected chi connectivity index (χ1v) is 5.57. The monoisotopic (exact) mass is 205 g/mol. The predicted octanol–water partition coefficient (Wildman–Crippen LogP) is -0.663. The number of nitrogens with zero attached hydrogens (tertiary/aromatic N) is 1. The van der Waals surface area contributed by atoms with Gasteiger partial charge < -0.3 is 4.74 Å². The molecule has 0 aliphatic carbocycles. The van der Waals surface area contributed by atoms with Gasteiger partial charge in [0.25, 0.3) is 0 Å². The van der Waals surface area contributed by atoms with Crippen molar-refractivity contribution < 1.29 is 17.9 Å². The van der Waals surface area contributed by atoms with Crippen LogP contribution in [0.2, 0.25) is 0 Å². The van der Waals surface area contributed by atoms with Crippen LogP contribution in [0.3, 0.4) is 0 Å². The van der Waals surface area contributed by atoms with Gasteiger partial charge in [-0.1, -0.05) is 0 Å². The highest BCUT2D eigenvalue weighted by Crippen LogP contribution is 2.43. The Morgan fingerprint density at radius 1 is 1.38 bits per heavy atom. The first-order valence-electron chi connectivity index (χ1n) is 4.13. The number of carbonyl (C=O) groups excluding carboxylic acids is 1. The van der Waals surface area contributed by atoms with Crippen molar-refractivity contribution in [2.75, 3.05) is 20.2 Å². The summed E-state index contributed by atoms with van der Waals surface area (Å²) in [7, 11) is -2.18. The minimum absolute atomic E-state index is 0.377. The van der Waals surface area contributed by atoms with Crippen molar-refractivity contribution in [3.05, 3.63) is 0 Å². The molecule has 2 heterocycles. The van der Waals surface area contributed by atoms with Gasteiger partial charge in [0.05, 0.1) is 7.11 Å². The molecule has 2 fully saturated rings. The Balaban J connectivity index is 2.49. The second-order valence-electron chi connectivity index (χ2n) is 3.39. The molecule has 2 bridgehead atoms. The number of carbonyl (C=O) groups is 1. The van der Waals surface area contributed by atoms with Crippen LogP contribution in [0.4, 0.5) is 0 Å². The third kappa shape index (κ3) is 0.847. The van der Waals surface area contributed by atoms with Crippen molar-refractivity contribution in [1.82, 2.24) is 4.31 Å². The van der Waals surface area contributed by atoms with Gasteiger partial charge in [-0.25, -0.2) is 12.7 Å². The van der Waals surface area contributed by atoms with E-state index in [0.717, 1.165) is 0 Å². The van der Waals surface area contributed by atoms with E-state index in [1.807, 2.05) is 0 Å². The summed E-state index contributed by atoms with van der Waals surface area (Å²) in [5, 5.41) is 0. The van der Waals surface area contributed by atoms with Crippen LogP contribution >= 0.6 is 0 Å². The van der Waals surface area contributed by atoms with Crippen LogP contribution in [0.5, 0.6) is 0 Å². The highest BCUT2D eigenvalue weighted by molar-refractivity contribution is 7.91. The molecule has 0 aromatic carbocycles. The van der Waals surface area contributed by atoms with Gasteiger partial charge in [-0.05, 0) is 12.8 Å². The van der Waals surface area contributed by atoms with Crippen molar-refractivity contribution in [3.8, 4) is 0 Å². The fourth-order valence-electron chi connectivity index (χ4n) is 2.09. The Morgan fingerprint density at radius 3 is 2.23 bits per heavy atom. The lowest BCUT2D eigenvalue weighted by Crippen LogP contribution is -2.41. The molecule has 6 heteroatoms. The van der Waals surface area contributed by atoms with Crippen LogP contribution in [-0.4, -0.2) is 43.6 Å². The number of methoxy groups -OCH3 is 1. The number of ether oxygens (including phenoxy) is 1. The van der Waals surface area contributed by atoms with E-state index < -0.39 is 20.7 Å². The Hall–Kier alpha value is -0.620. The fraction of sp³-hybridized carbons (Fsp3) is 0.857. The van der Waals surface area contributed by atoms with Crippen molar-refractivity contribution in [3.63, 3.8) is 0 Å². The minimum Gasteiger partial charge on any atom is -0.468 e. The van der Waals surface area contributed by atoms with E-state index in [1.54, 1.807) is 0 Å². The second kappa shape index (κ2) is 2.45. The Morgan fingerprint density at radius 2 is 1.92 bits per heavy atom. The van der Waals surface area contributed by atoms with Gasteiger partial charge in [-0.2, -0.15) is 0 Å². The SMILES string of the molecule is COC(=O)C12CCN(CC1)S2(=O)=O. The van der Waals surface area contributed by atoms with E-state index in [0.29, 0.717) is 25.9 Å². The molecule has 0 N–H and O–H groups in total. The highest BCUT2D eigenvalue weighted by atomic mass is 32.2.